The molecule has 0 spiro atoms. The summed E-state index contributed by atoms with van der Waals surface area (Å²) >= 11 is 0. The Morgan fingerprint density at radius 1 is 0.846 bits per heavy atom. The Morgan fingerprint density at radius 2 is 1.40 bits per heavy atom. The predicted octanol–water partition coefficient (Wildman–Crippen LogP) is 11.4. The second-order valence-electron chi connectivity index (χ2n) is 11.4. The van der Waals surface area contributed by atoms with Gasteiger partial charge < -0.3 is 18.7 Å². The van der Waals surface area contributed by atoms with Gasteiger partial charge in [0.15, 0.2) is 0 Å². The van der Waals surface area contributed by atoms with E-state index in [9.17, 15) is 14.8 Å². The van der Waals surface area contributed by atoms with Crippen molar-refractivity contribution in [3.05, 3.63) is 101 Å². The van der Waals surface area contributed by atoms with Gasteiger partial charge in [0, 0.05) is 17.9 Å². The van der Waals surface area contributed by atoms with Gasteiger partial charge in [-0.15, -0.1) is 0 Å². The van der Waals surface area contributed by atoms with E-state index in [1.54, 1.807) is 31.4 Å². The molecule has 0 saturated carbocycles. The van der Waals surface area contributed by atoms with Crippen molar-refractivity contribution in [1.29, 1.82) is 0 Å². The minimum atomic E-state index is -1.59. The zero-order valence-electron chi connectivity index (χ0n) is 33.6. The minimum absolute atomic E-state index is 0.182. The zero-order chi connectivity index (χ0) is 39.1. The molecule has 1 aliphatic rings. The largest absolute Gasteiger partial charge is 0.497 e. The lowest BCUT2D eigenvalue weighted by atomic mass is 10.1. The maximum Gasteiger partial charge on any atom is 0.315 e. The Hall–Kier alpha value is -3.75. The third-order valence-electron chi connectivity index (χ3n) is 7.56. The molecule has 0 aromatic heterocycles. The lowest BCUT2D eigenvalue weighted by molar-refractivity contribution is 0.0667. The molecule has 0 saturated heterocycles. The topological polar surface area (TPSA) is 91.8 Å². The molecular weight excluding hydrogens is 673 g/mol. The number of hydrogen-bond acceptors (Lipinski definition) is 8. The van der Waals surface area contributed by atoms with Gasteiger partial charge in [-0.25, -0.2) is 0 Å². The fourth-order valence-corrected chi connectivity index (χ4v) is 6.35. The van der Waals surface area contributed by atoms with Crippen LogP contribution in [0, 0.1) is 6.92 Å². The third-order valence-corrected chi connectivity index (χ3v) is 9.06. The SMILES string of the molecule is CC.CC.CCC.CCC/C=C(\CN1C(=O)c2ccccc2C1=O)N(CCCc1ccc(N(O)P(OCC)OCC)cc1)c1ccc(OC)cc1C. The van der Waals surface area contributed by atoms with Crippen molar-refractivity contribution >= 4 is 31.7 Å². The molecule has 0 aliphatic carbocycles. The van der Waals surface area contributed by atoms with E-state index in [2.05, 4.69) is 31.7 Å². The van der Waals surface area contributed by atoms with Crippen molar-refractivity contribution in [2.45, 2.75) is 101 Å². The molecule has 1 aliphatic heterocycles. The van der Waals surface area contributed by atoms with Crippen LogP contribution in [-0.4, -0.2) is 55.3 Å². The zero-order valence-corrected chi connectivity index (χ0v) is 34.5. The molecule has 1 N–H and O–H groups in total. The summed E-state index contributed by atoms with van der Waals surface area (Å²) in [5.41, 5.74) is 5.57. The molecule has 52 heavy (non-hydrogen) atoms. The predicted molar refractivity (Wildman–Crippen MR) is 218 cm³/mol. The van der Waals surface area contributed by atoms with Crippen molar-refractivity contribution in [3.8, 4) is 5.75 Å². The first-order valence-corrected chi connectivity index (χ1v) is 20.1. The van der Waals surface area contributed by atoms with Gasteiger partial charge in [0.25, 0.3) is 11.8 Å². The van der Waals surface area contributed by atoms with Crippen LogP contribution in [0.4, 0.5) is 11.4 Å². The lowest BCUT2D eigenvalue weighted by Gasteiger charge is -2.31. The molecule has 0 bridgehead atoms. The van der Waals surface area contributed by atoms with E-state index < -0.39 is 8.53 Å². The number of fused-ring (bicyclic) bond motifs is 1. The number of amides is 2. The number of carbonyl (C=O) groups is 2. The summed E-state index contributed by atoms with van der Waals surface area (Å²) in [4.78, 5) is 31.3. The smallest absolute Gasteiger partial charge is 0.315 e. The van der Waals surface area contributed by atoms with E-state index in [1.807, 2.05) is 90.9 Å². The number of ether oxygens (including phenoxy) is 1. The van der Waals surface area contributed by atoms with Crippen molar-refractivity contribution in [1.82, 2.24) is 4.90 Å². The van der Waals surface area contributed by atoms with E-state index >= 15 is 0 Å². The van der Waals surface area contributed by atoms with E-state index in [0.29, 0.717) is 36.6 Å². The average Bonchev–Trinajstić information content (AvgIpc) is 3.41. The van der Waals surface area contributed by atoms with Crippen molar-refractivity contribution in [2.75, 3.05) is 43.1 Å². The summed E-state index contributed by atoms with van der Waals surface area (Å²) in [5, 5.41) is 10.7. The number of benzene rings is 3. The van der Waals surface area contributed by atoms with Crippen molar-refractivity contribution < 1.29 is 28.6 Å². The summed E-state index contributed by atoms with van der Waals surface area (Å²) in [6.45, 7) is 21.9. The molecule has 0 radical (unpaired) electrons. The Balaban J connectivity index is 0.00000180. The number of methoxy groups -OCH3 is 1. The molecule has 10 heteroatoms. The summed E-state index contributed by atoms with van der Waals surface area (Å²) in [6, 6.07) is 20.7. The molecule has 0 unspecified atom stereocenters. The normalized spacial score (nSPS) is 11.9. The maximum absolute atomic E-state index is 13.3. The molecule has 3 aromatic carbocycles. The molecular formula is C42H64N3O6P. The van der Waals surface area contributed by atoms with Crippen molar-refractivity contribution in [3.63, 3.8) is 0 Å². The number of unbranched alkanes of at least 4 members (excludes halogenated alkanes) is 1. The monoisotopic (exact) mass is 737 g/mol. The Bertz CT molecular complexity index is 1460. The van der Waals surface area contributed by atoms with Gasteiger partial charge in [-0.05, 0) is 93.6 Å². The third kappa shape index (κ3) is 13.3. The lowest BCUT2D eigenvalue weighted by Crippen LogP contribution is -2.37. The van der Waals surface area contributed by atoms with Gasteiger partial charge in [-0.3, -0.25) is 19.7 Å². The molecule has 4 rings (SSSR count). The van der Waals surface area contributed by atoms with Crippen LogP contribution in [0.15, 0.2) is 78.5 Å². The van der Waals surface area contributed by atoms with Crippen LogP contribution in [0.1, 0.15) is 120 Å². The standard InChI is InChI=1S/C35H44N3O6P.C3H8.2C2H6/c1-6-9-14-29(25-37-34(39)31-15-10-11-16-32(31)35(37)40)36(33-22-21-30(42-5)24-26(33)4)23-12-13-27-17-19-28(20-18-27)38(41)45(43-7-2)44-8-3;1-3-2;2*1-2/h10-11,14-22,24,41H,6-9,12-13,23,25H2,1-5H3;3H2,1-2H3;2*1-2H3/b29-14+;;;. The van der Waals surface area contributed by atoms with Crippen molar-refractivity contribution in [2.24, 2.45) is 0 Å². The van der Waals surface area contributed by atoms with E-state index in [-0.39, 0.29) is 18.4 Å². The summed E-state index contributed by atoms with van der Waals surface area (Å²) < 4.78 is 16.6. The number of aryl methyl sites for hydroxylation is 2. The Morgan fingerprint density at radius 3 is 1.88 bits per heavy atom. The maximum atomic E-state index is 13.3. The average molecular weight is 738 g/mol. The van der Waals surface area contributed by atoms with Crippen LogP contribution in [0.5, 0.6) is 5.75 Å². The van der Waals surface area contributed by atoms with E-state index in [0.717, 1.165) is 58.8 Å². The number of carbonyl (C=O) groups excluding carboxylic acids is 2. The van der Waals surface area contributed by atoms with Gasteiger partial charge in [-0.1, -0.05) is 91.6 Å². The number of nitrogens with zero attached hydrogens (tertiary/aromatic N) is 3. The van der Waals surface area contributed by atoms with Crippen LogP contribution in [0.3, 0.4) is 0 Å². The second-order valence-corrected chi connectivity index (χ2v) is 12.7. The number of anilines is 2. The van der Waals surface area contributed by atoms with Crippen LogP contribution in [-0.2, 0) is 15.5 Å². The Labute approximate surface area is 315 Å². The first-order chi connectivity index (χ1) is 25.2. The number of hydrogen-bond donors (Lipinski definition) is 1. The number of allylic oxidation sites excluding steroid dienone is 1. The highest BCUT2D eigenvalue weighted by molar-refractivity contribution is 7.48. The van der Waals surface area contributed by atoms with Crippen LogP contribution in [0.25, 0.3) is 0 Å². The summed E-state index contributed by atoms with van der Waals surface area (Å²) in [7, 11) is 0.0644. The quantitative estimate of drug-likeness (QED) is 0.0832. The highest BCUT2D eigenvalue weighted by Crippen LogP contribution is 2.44. The summed E-state index contributed by atoms with van der Waals surface area (Å²) in [6.07, 6.45) is 6.74. The second kappa shape index (κ2) is 26.1. The highest BCUT2D eigenvalue weighted by Gasteiger charge is 2.36. The highest BCUT2D eigenvalue weighted by atomic mass is 31.2. The van der Waals surface area contributed by atoms with Gasteiger partial charge in [-0.2, -0.15) is 4.83 Å². The molecule has 2 amide bonds. The number of rotatable bonds is 17. The van der Waals surface area contributed by atoms with Gasteiger partial charge in [0.2, 0.25) is 0 Å². The van der Waals surface area contributed by atoms with Gasteiger partial charge in [0.05, 0.1) is 43.7 Å². The minimum Gasteiger partial charge on any atom is -0.497 e. The van der Waals surface area contributed by atoms with Crippen LogP contribution in [0.2, 0.25) is 0 Å². The molecule has 0 fully saturated rings. The van der Waals surface area contributed by atoms with Crippen LogP contribution < -0.4 is 14.5 Å². The number of imide groups is 1. The summed E-state index contributed by atoms with van der Waals surface area (Å²) in [5.74, 6) is 0.241. The first-order valence-electron chi connectivity index (χ1n) is 18.9. The molecule has 3 aromatic rings. The molecule has 0 atom stereocenters. The molecule has 288 valence electrons. The van der Waals surface area contributed by atoms with E-state index in [4.69, 9.17) is 13.8 Å². The van der Waals surface area contributed by atoms with E-state index in [1.165, 1.54) is 11.3 Å². The fraction of sp³-hybridized carbons (Fsp3) is 0.476. The first kappa shape index (κ1) is 46.3. The fourth-order valence-electron chi connectivity index (χ4n) is 5.29. The van der Waals surface area contributed by atoms with Crippen LogP contribution >= 0.6 is 8.53 Å². The van der Waals surface area contributed by atoms with Gasteiger partial charge >= 0.3 is 8.53 Å². The molecule has 1 heterocycles. The Kier molecular flexibility index (Phi) is 23.2. The molecule has 9 nitrogen and oxygen atoms in total. The van der Waals surface area contributed by atoms with Gasteiger partial charge in [0.1, 0.15) is 5.75 Å².